The first-order valence-electron chi connectivity index (χ1n) is 7.61. The molecule has 0 atom stereocenters. The van der Waals surface area contributed by atoms with Crippen molar-refractivity contribution < 1.29 is 8.42 Å². The zero-order valence-corrected chi connectivity index (χ0v) is 14.0. The highest BCUT2D eigenvalue weighted by atomic mass is 32.2. The van der Waals surface area contributed by atoms with Gasteiger partial charge in [-0.05, 0) is 30.5 Å². The van der Waals surface area contributed by atoms with E-state index < -0.39 is 10.0 Å². The lowest BCUT2D eigenvalue weighted by Crippen LogP contribution is -2.25. The Morgan fingerprint density at radius 3 is 2.57 bits per heavy atom. The average Bonchev–Trinajstić information content (AvgIpc) is 2.44. The molecule has 1 aromatic rings. The van der Waals surface area contributed by atoms with Crippen molar-refractivity contribution in [3.05, 3.63) is 23.9 Å². The van der Waals surface area contributed by atoms with Gasteiger partial charge in [0.2, 0.25) is 0 Å². The zero-order valence-electron chi connectivity index (χ0n) is 13.2. The highest BCUT2D eigenvalue weighted by Gasteiger charge is 2.14. The summed E-state index contributed by atoms with van der Waals surface area (Å²) in [5, 5.41) is 3.26. The Kier molecular flexibility index (Phi) is 7.85. The van der Waals surface area contributed by atoms with E-state index in [9.17, 15) is 8.42 Å². The molecular weight excluding hydrogens is 286 g/mol. The topological polar surface area (TPSA) is 71.1 Å². The molecule has 0 radical (unpaired) electrons. The van der Waals surface area contributed by atoms with E-state index in [1.54, 1.807) is 18.3 Å². The Balaban J connectivity index is 2.46. The Labute approximate surface area is 128 Å². The van der Waals surface area contributed by atoms with Gasteiger partial charge in [-0.15, -0.1) is 0 Å². The van der Waals surface area contributed by atoms with E-state index in [1.165, 1.54) is 0 Å². The molecule has 5 nitrogen and oxygen atoms in total. The van der Waals surface area contributed by atoms with E-state index in [1.807, 2.05) is 6.92 Å². The van der Waals surface area contributed by atoms with Gasteiger partial charge in [0, 0.05) is 19.3 Å². The fourth-order valence-electron chi connectivity index (χ4n) is 1.90. The zero-order chi connectivity index (χ0) is 15.7. The number of hydrogen-bond donors (Lipinski definition) is 2. The van der Waals surface area contributed by atoms with Crippen molar-refractivity contribution >= 4 is 10.0 Å². The summed E-state index contributed by atoms with van der Waals surface area (Å²) in [6.07, 6.45) is 4.63. The van der Waals surface area contributed by atoms with Crippen LogP contribution >= 0.6 is 0 Å². The van der Waals surface area contributed by atoms with Crippen LogP contribution < -0.4 is 10.0 Å². The normalized spacial score (nSPS) is 12.0. The van der Waals surface area contributed by atoms with Crippen molar-refractivity contribution in [3.8, 4) is 0 Å². The van der Waals surface area contributed by atoms with Gasteiger partial charge >= 0.3 is 0 Å². The van der Waals surface area contributed by atoms with Crippen LogP contribution in [-0.4, -0.2) is 26.5 Å². The Hall–Kier alpha value is -0.980. The van der Waals surface area contributed by atoms with Gasteiger partial charge in [0.25, 0.3) is 10.0 Å². The molecule has 0 saturated carbocycles. The molecule has 0 spiro atoms. The summed E-state index contributed by atoms with van der Waals surface area (Å²) in [5.41, 5.74) is 0.979. The van der Waals surface area contributed by atoms with Gasteiger partial charge in [0.05, 0.1) is 0 Å². The number of sulfonamides is 1. The number of hydrogen-bond acceptors (Lipinski definition) is 4. The van der Waals surface area contributed by atoms with Crippen molar-refractivity contribution in [3.63, 3.8) is 0 Å². The molecule has 1 aromatic heterocycles. The molecule has 0 aromatic carbocycles. The summed E-state index contributed by atoms with van der Waals surface area (Å²) in [7, 11) is -3.48. The van der Waals surface area contributed by atoms with Gasteiger partial charge in [-0.3, -0.25) is 0 Å². The first-order chi connectivity index (χ1) is 9.95. The van der Waals surface area contributed by atoms with Crippen molar-refractivity contribution in [1.29, 1.82) is 0 Å². The highest BCUT2D eigenvalue weighted by molar-refractivity contribution is 7.89. The summed E-state index contributed by atoms with van der Waals surface area (Å²) in [4.78, 5) is 4.04. The predicted molar refractivity (Wildman–Crippen MR) is 85.5 cm³/mol. The fourth-order valence-corrected chi connectivity index (χ4v) is 2.90. The van der Waals surface area contributed by atoms with Crippen LogP contribution in [-0.2, 0) is 16.6 Å². The maximum absolute atomic E-state index is 12.1. The molecule has 1 rings (SSSR count). The summed E-state index contributed by atoms with van der Waals surface area (Å²) < 4.78 is 26.7. The first kappa shape index (κ1) is 18.1. The van der Waals surface area contributed by atoms with Crippen LogP contribution in [0, 0.1) is 5.92 Å². The summed E-state index contributed by atoms with van der Waals surface area (Å²) in [5.74, 6) is 0.660. The molecule has 0 aliphatic carbocycles. The van der Waals surface area contributed by atoms with Crippen LogP contribution in [0.4, 0.5) is 0 Å². The number of pyridine rings is 1. The molecule has 120 valence electrons. The van der Waals surface area contributed by atoms with Crippen LogP contribution in [0.25, 0.3) is 0 Å². The Morgan fingerprint density at radius 2 is 2.00 bits per heavy atom. The molecule has 0 bridgehead atoms. The second-order valence-electron chi connectivity index (χ2n) is 5.57. The summed E-state index contributed by atoms with van der Waals surface area (Å²) in [6, 6.07) is 3.35. The third kappa shape index (κ3) is 7.02. The second-order valence-corrected chi connectivity index (χ2v) is 7.29. The minimum Gasteiger partial charge on any atom is -0.313 e. The lowest BCUT2D eigenvalue weighted by Gasteiger charge is -2.08. The molecule has 0 aliphatic heterocycles. The standard InChI is InChI=1S/C15H27N3O2S/c1-4-16-11-14-8-9-15(17-12-14)21(19,20)18-10-6-5-7-13(2)3/h8-9,12-13,16,18H,4-7,10-11H2,1-3H3. The molecule has 2 N–H and O–H groups in total. The number of rotatable bonds is 10. The smallest absolute Gasteiger partial charge is 0.258 e. The predicted octanol–water partition coefficient (Wildman–Crippen LogP) is 2.30. The van der Waals surface area contributed by atoms with Gasteiger partial charge in [0.15, 0.2) is 5.03 Å². The molecular formula is C15H27N3O2S. The van der Waals surface area contributed by atoms with Crippen LogP contribution in [0.5, 0.6) is 0 Å². The van der Waals surface area contributed by atoms with E-state index in [0.717, 1.165) is 31.4 Å². The minimum absolute atomic E-state index is 0.0895. The molecule has 0 unspecified atom stereocenters. The molecule has 21 heavy (non-hydrogen) atoms. The van der Waals surface area contributed by atoms with E-state index in [2.05, 4.69) is 28.9 Å². The fraction of sp³-hybridized carbons (Fsp3) is 0.667. The van der Waals surface area contributed by atoms with E-state index >= 15 is 0 Å². The maximum Gasteiger partial charge on any atom is 0.258 e. The monoisotopic (exact) mass is 313 g/mol. The summed E-state index contributed by atoms with van der Waals surface area (Å²) >= 11 is 0. The van der Waals surface area contributed by atoms with Crippen LogP contribution in [0.3, 0.4) is 0 Å². The number of nitrogens with one attached hydrogen (secondary N) is 2. The van der Waals surface area contributed by atoms with Crippen molar-refractivity contribution in [2.75, 3.05) is 13.1 Å². The van der Waals surface area contributed by atoms with Crippen LogP contribution in [0.2, 0.25) is 0 Å². The van der Waals surface area contributed by atoms with E-state index in [4.69, 9.17) is 0 Å². The summed E-state index contributed by atoms with van der Waals surface area (Å²) in [6.45, 7) is 8.40. The van der Waals surface area contributed by atoms with Crippen molar-refractivity contribution in [2.45, 2.75) is 51.6 Å². The van der Waals surface area contributed by atoms with E-state index in [0.29, 0.717) is 19.0 Å². The van der Waals surface area contributed by atoms with Crippen LogP contribution in [0.1, 0.15) is 45.6 Å². The number of nitrogens with zero attached hydrogens (tertiary/aromatic N) is 1. The highest BCUT2D eigenvalue weighted by Crippen LogP contribution is 2.08. The SMILES string of the molecule is CCNCc1ccc(S(=O)(=O)NCCCCC(C)C)nc1. The Morgan fingerprint density at radius 1 is 1.24 bits per heavy atom. The number of unbranched alkanes of at least 4 members (excludes halogenated alkanes) is 1. The molecule has 0 amide bonds. The Bertz CT molecular complexity index is 498. The molecule has 0 saturated heterocycles. The van der Waals surface area contributed by atoms with Gasteiger partial charge in [-0.25, -0.2) is 18.1 Å². The molecule has 6 heteroatoms. The van der Waals surface area contributed by atoms with Gasteiger partial charge < -0.3 is 5.32 Å². The van der Waals surface area contributed by atoms with Crippen molar-refractivity contribution in [1.82, 2.24) is 15.0 Å². The molecule has 0 fully saturated rings. The third-order valence-corrected chi connectivity index (χ3v) is 4.53. The first-order valence-corrected chi connectivity index (χ1v) is 9.09. The minimum atomic E-state index is -3.48. The van der Waals surface area contributed by atoms with E-state index in [-0.39, 0.29) is 5.03 Å². The second kappa shape index (κ2) is 9.12. The largest absolute Gasteiger partial charge is 0.313 e. The number of aromatic nitrogens is 1. The van der Waals surface area contributed by atoms with Gasteiger partial charge in [-0.1, -0.05) is 39.7 Å². The van der Waals surface area contributed by atoms with Crippen LogP contribution in [0.15, 0.2) is 23.4 Å². The molecule has 0 aliphatic rings. The quantitative estimate of drug-likeness (QED) is 0.650. The lowest BCUT2D eigenvalue weighted by molar-refractivity contribution is 0.530. The lowest BCUT2D eigenvalue weighted by atomic mass is 10.1. The molecule has 1 heterocycles. The maximum atomic E-state index is 12.1. The van der Waals surface area contributed by atoms with Gasteiger partial charge in [-0.2, -0.15) is 0 Å². The average molecular weight is 313 g/mol. The third-order valence-electron chi connectivity index (χ3n) is 3.15. The van der Waals surface area contributed by atoms with Crippen molar-refractivity contribution in [2.24, 2.45) is 5.92 Å². The van der Waals surface area contributed by atoms with Gasteiger partial charge in [0.1, 0.15) is 0 Å².